The number of nitrogens with zero attached hydrogens (tertiary/aromatic N) is 1. The molecule has 0 aliphatic heterocycles. The van der Waals surface area contributed by atoms with Crippen molar-refractivity contribution in [1.82, 2.24) is 5.16 Å². The van der Waals surface area contributed by atoms with Crippen molar-refractivity contribution in [1.29, 1.82) is 0 Å². The van der Waals surface area contributed by atoms with E-state index in [1.165, 1.54) is 0 Å². The van der Waals surface area contributed by atoms with Crippen molar-refractivity contribution < 1.29 is 9.26 Å². The van der Waals surface area contributed by atoms with Crippen molar-refractivity contribution in [3.8, 4) is 16.9 Å². The van der Waals surface area contributed by atoms with Crippen LogP contribution in [-0.4, -0.2) is 12.3 Å². The van der Waals surface area contributed by atoms with Gasteiger partial charge in [0.15, 0.2) is 5.82 Å². The number of nitrogens with two attached hydrogens (primary N) is 1. The molecule has 1 aliphatic rings. The molecule has 0 saturated heterocycles. The Kier molecular flexibility index (Phi) is 2.73. The Balaban J connectivity index is 2.09. The zero-order chi connectivity index (χ0) is 13.6. The van der Waals surface area contributed by atoms with Gasteiger partial charge in [-0.15, -0.1) is 0 Å². The van der Waals surface area contributed by atoms with Gasteiger partial charge in [0, 0.05) is 5.92 Å². The summed E-state index contributed by atoms with van der Waals surface area (Å²) < 4.78 is 10.8. The molecule has 0 spiro atoms. The van der Waals surface area contributed by atoms with Crippen molar-refractivity contribution in [2.75, 3.05) is 12.8 Å². The predicted octanol–water partition coefficient (Wildman–Crippen LogP) is 3.36. The minimum absolute atomic E-state index is 0.451. The van der Waals surface area contributed by atoms with E-state index < -0.39 is 0 Å². The van der Waals surface area contributed by atoms with E-state index in [2.05, 4.69) is 12.1 Å². The van der Waals surface area contributed by atoms with Crippen molar-refractivity contribution in [2.24, 2.45) is 5.92 Å². The molecule has 3 rings (SSSR count). The fourth-order valence-corrected chi connectivity index (χ4v) is 2.52. The minimum Gasteiger partial charge on any atom is -0.496 e. The summed E-state index contributed by atoms with van der Waals surface area (Å²) in [7, 11) is 1.67. The molecule has 4 heteroatoms. The number of hydrogen-bond donors (Lipinski definition) is 1. The first-order chi connectivity index (χ1) is 9.11. The molecule has 2 aromatic rings. The SMILES string of the molecule is COc1cc(-c2c(N)noc2C2CC2C)ccc1C. The largest absolute Gasteiger partial charge is 0.496 e. The standard InChI is InChI=1S/C15H18N2O2/c1-8-4-5-10(7-12(8)18-3)13-14(11-6-9(11)2)19-17-15(13)16/h4-5,7,9,11H,6H2,1-3H3,(H2,16,17). The van der Waals surface area contributed by atoms with Crippen molar-refractivity contribution in [3.63, 3.8) is 0 Å². The van der Waals surface area contributed by atoms with E-state index in [0.717, 1.165) is 34.6 Å². The zero-order valence-electron chi connectivity index (χ0n) is 11.4. The highest BCUT2D eigenvalue weighted by molar-refractivity contribution is 5.77. The maximum atomic E-state index is 5.97. The molecule has 1 aromatic carbocycles. The van der Waals surface area contributed by atoms with E-state index in [1.54, 1.807) is 7.11 Å². The van der Waals surface area contributed by atoms with E-state index in [9.17, 15) is 0 Å². The molecule has 2 N–H and O–H groups in total. The number of ether oxygens (including phenoxy) is 1. The van der Waals surface area contributed by atoms with Crippen LogP contribution in [0.4, 0.5) is 5.82 Å². The highest BCUT2D eigenvalue weighted by atomic mass is 16.5. The summed E-state index contributed by atoms with van der Waals surface area (Å²) in [5.41, 5.74) is 9.00. The first-order valence-corrected chi connectivity index (χ1v) is 6.52. The Morgan fingerprint density at radius 3 is 2.79 bits per heavy atom. The maximum Gasteiger partial charge on any atom is 0.175 e. The molecule has 2 atom stereocenters. The van der Waals surface area contributed by atoms with Gasteiger partial charge in [0.1, 0.15) is 11.5 Å². The Morgan fingerprint density at radius 2 is 2.16 bits per heavy atom. The zero-order valence-corrected chi connectivity index (χ0v) is 11.4. The molecule has 2 unspecified atom stereocenters. The molecule has 0 amide bonds. The number of aromatic nitrogens is 1. The van der Waals surface area contributed by atoms with Gasteiger partial charge in [-0.05, 0) is 36.5 Å². The predicted molar refractivity (Wildman–Crippen MR) is 74.2 cm³/mol. The number of anilines is 1. The molecule has 0 bridgehead atoms. The maximum absolute atomic E-state index is 5.97. The second kappa shape index (κ2) is 4.30. The van der Waals surface area contributed by atoms with Crippen LogP contribution in [0.15, 0.2) is 22.7 Å². The third kappa shape index (κ3) is 1.97. The van der Waals surface area contributed by atoms with Crippen LogP contribution in [0, 0.1) is 12.8 Å². The minimum atomic E-state index is 0.451. The first-order valence-electron chi connectivity index (χ1n) is 6.52. The van der Waals surface area contributed by atoms with E-state index in [4.69, 9.17) is 15.0 Å². The van der Waals surface area contributed by atoms with Crippen LogP contribution in [0.2, 0.25) is 0 Å². The van der Waals surface area contributed by atoms with Crippen LogP contribution < -0.4 is 10.5 Å². The van der Waals surface area contributed by atoms with Gasteiger partial charge >= 0.3 is 0 Å². The number of methoxy groups -OCH3 is 1. The lowest BCUT2D eigenvalue weighted by Gasteiger charge is -2.08. The van der Waals surface area contributed by atoms with Crippen molar-refractivity contribution >= 4 is 5.82 Å². The van der Waals surface area contributed by atoms with Gasteiger partial charge < -0.3 is 15.0 Å². The molecule has 100 valence electrons. The molecule has 1 fully saturated rings. The van der Waals surface area contributed by atoms with Gasteiger partial charge in [0.2, 0.25) is 0 Å². The third-order valence-electron chi connectivity index (χ3n) is 3.89. The van der Waals surface area contributed by atoms with Crippen molar-refractivity contribution in [3.05, 3.63) is 29.5 Å². The molecule has 1 aromatic heterocycles. The number of benzene rings is 1. The Morgan fingerprint density at radius 1 is 1.42 bits per heavy atom. The van der Waals surface area contributed by atoms with E-state index in [-0.39, 0.29) is 0 Å². The lowest BCUT2D eigenvalue weighted by atomic mass is 10.0. The normalized spacial score (nSPS) is 21.4. The molecular formula is C15H18N2O2. The topological polar surface area (TPSA) is 61.3 Å². The highest BCUT2D eigenvalue weighted by Crippen LogP contribution is 2.51. The van der Waals surface area contributed by atoms with Crippen LogP contribution in [0.1, 0.15) is 30.6 Å². The molecule has 4 nitrogen and oxygen atoms in total. The van der Waals surface area contributed by atoms with E-state index >= 15 is 0 Å². The molecule has 1 aliphatic carbocycles. The van der Waals surface area contributed by atoms with E-state index in [1.807, 2.05) is 25.1 Å². The van der Waals surface area contributed by atoms with Crippen LogP contribution >= 0.6 is 0 Å². The second-order valence-corrected chi connectivity index (χ2v) is 5.31. The number of rotatable bonds is 3. The average molecular weight is 258 g/mol. The number of aryl methyl sites for hydroxylation is 1. The summed E-state index contributed by atoms with van der Waals surface area (Å²) in [4.78, 5) is 0. The summed E-state index contributed by atoms with van der Waals surface area (Å²) in [5.74, 6) is 3.33. The quantitative estimate of drug-likeness (QED) is 0.917. The van der Waals surface area contributed by atoms with Crippen molar-refractivity contribution in [2.45, 2.75) is 26.2 Å². The van der Waals surface area contributed by atoms with E-state index in [0.29, 0.717) is 17.7 Å². The smallest absolute Gasteiger partial charge is 0.175 e. The lowest BCUT2D eigenvalue weighted by molar-refractivity contribution is 0.384. The average Bonchev–Trinajstić information content (AvgIpc) is 2.99. The second-order valence-electron chi connectivity index (χ2n) is 5.31. The summed E-state index contributed by atoms with van der Waals surface area (Å²) in [6.45, 7) is 4.23. The Labute approximate surface area is 112 Å². The molecule has 0 radical (unpaired) electrons. The summed E-state index contributed by atoms with van der Waals surface area (Å²) in [6, 6.07) is 6.06. The highest BCUT2D eigenvalue weighted by Gasteiger charge is 2.40. The number of nitrogen functional groups attached to an aromatic ring is 1. The van der Waals surface area contributed by atoms with Gasteiger partial charge in [0.25, 0.3) is 0 Å². The molecule has 19 heavy (non-hydrogen) atoms. The Hall–Kier alpha value is -1.97. The monoisotopic (exact) mass is 258 g/mol. The number of hydrogen-bond acceptors (Lipinski definition) is 4. The third-order valence-corrected chi connectivity index (χ3v) is 3.89. The van der Waals surface area contributed by atoms with Gasteiger partial charge in [-0.3, -0.25) is 0 Å². The van der Waals surface area contributed by atoms with Gasteiger partial charge in [0.05, 0.1) is 12.7 Å². The summed E-state index contributed by atoms with van der Waals surface area (Å²) >= 11 is 0. The molecule has 1 saturated carbocycles. The lowest BCUT2D eigenvalue weighted by Crippen LogP contribution is -1.92. The van der Waals surface area contributed by atoms with Gasteiger partial charge in [-0.25, -0.2) is 0 Å². The Bertz CT molecular complexity index is 619. The molecular weight excluding hydrogens is 240 g/mol. The first kappa shape index (κ1) is 12.1. The fraction of sp³-hybridized carbons (Fsp3) is 0.400. The molecule has 1 heterocycles. The van der Waals surface area contributed by atoms with Crippen LogP contribution in [0.25, 0.3) is 11.1 Å². The van der Waals surface area contributed by atoms with Crippen LogP contribution in [0.3, 0.4) is 0 Å². The summed E-state index contributed by atoms with van der Waals surface area (Å²) in [5, 5.41) is 3.93. The fourth-order valence-electron chi connectivity index (χ4n) is 2.52. The van der Waals surface area contributed by atoms with Gasteiger partial charge in [-0.2, -0.15) is 0 Å². The van der Waals surface area contributed by atoms with Crippen LogP contribution in [-0.2, 0) is 0 Å². The van der Waals surface area contributed by atoms with Gasteiger partial charge in [-0.1, -0.05) is 24.2 Å². The van der Waals surface area contributed by atoms with Crippen LogP contribution in [0.5, 0.6) is 5.75 Å². The summed E-state index contributed by atoms with van der Waals surface area (Å²) in [6.07, 6.45) is 1.14.